The first-order chi connectivity index (χ1) is 12.9. The monoisotopic (exact) mass is 367 g/mol. The quantitative estimate of drug-likeness (QED) is 0.522. The lowest BCUT2D eigenvalue weighted by Gasteiger charge is -2.07. The summed E-state index contributed by atoms with van der Waals surface area (Å²) in [5, 5.41) is 4.90. The Morgan fingerprint density at radius 1 is 1.15 bits per heavy atom. The number of rotatable bonds is 4. The van der Waals surface area contributed by atoms with Crippen molar-refractivity contribution in [3.05, 3.63) is 46.9 Å². The first kappa shape index (κ1) is 17.3. The van der Waals surface area contributed by atoms with Crippen molar-refractivity contribution in [2.45, 2.75) is 32.7 Å². The molecule has 1 saturated carbocycles. The van der Waals surface area contributed by atoms with Crippen molar-refractivity contribution in [1.29, 1.82) is 0 Å². The van der Waals surface area contributed by atoms with Crippen LogP contribution in [0.5, 0.6) is 5.75 Å². The Labute approximate surface area is 156 Å². The molecule has 0 atom stereocenters. The van der Waals surface area contributed by atoms with Crippen LogP contribution in [0.1, 0.15) is 51.1 Å². The highest BCUT2D eigenvalue weighted by Gasteiger charge is 2.30. The third-order valence-corrected chi connectivity index (χ3v) is 4.94. The molecule has 0 aliphatic heterocycles. The second-order valence-electron chi connectivity index (χ2n) is 6.92. The van der Waals surface area contributed by atoms with Crippen LogP contribution in [0.3, 0.4) is 0 Å². The summed E-state index contributed by atoms with van der Waals surface area (Å²) in [5.74, 6) is -0.498. The Hall–Kier alpha value is -3.09. The van der Waals surface area contributed by atoms with Gasteiger partial charge in [-0.25, -0.2) is 9.59 Å². The maximum atomic E-state index is 12.5. The van der Waals surface area contributed by atoms with E-state index in [4.69, 9.17) is 9.47 Å². The van der Waals surface area contributed by atoms with E-state index in [1.54, 1.807) is 25.2 Å². The number of hydrogen-bond acceptors (Lipinski definition) is 5. The molecule has 7 nitrogen and oxygen atoms in total. The summed E-state index contributed by atoms with van der Waals surface area (Å²) >= 11 is 0. The molecule has 1 aromatic carbocycles. The van der Waals surface area contributed by atoms with Crippen LogP contribution in [0.15, 0.2) is 24.3 Å². The van der Waals surface area contributed by atoms with E-state index >= 15 is 0 Å². The van der Waals surface area contributed by atoms with Gasteiger partial charge in [0.05, 0.1) is 18.4 Å². The zero-order valence-electron chi connectivity index (χ0n) is 15.8. The van der Waals surface area contributed by atoms with Crippen LogP contribution in [0.25, 0.3) is 10.9 Å². The molecular weight excluding hydrogens is 346 g/mol. The maximum absolute atomic E-state index is 12.5. The molecule has 0 radical (unpaired) electrons. The molecule has 0 spiro atoms. The molecular formula is C20H21N3O4. The Morgan fingerprint density at radius 3 is 2.48 bits per heavy atom. The van der Waals surface area contributed by atoms with Gasteiger partial charge < -0.3 is 14.0 Å². The van der Waals surface area contributed by atoms with E-state index in [0.717, 1.165) is 35.1 Å². The van der Waals surface area contributed by atoms with Crippen molar-refractivity contribution >= 4 is 22.8 Å². The molecule has 0 N–H and O–H groups in total. The van der Waals surface area contributed by atoms with E-state index in [0.29, 0.717) is 23.0 Å². The third-order valence-electron chi connectivity index (χ3n) is 4.94. The van der Waals surface area contributed by atoms with Crippen molar-refractivity contribution in [2.24, 2.45) is 7.05 Å². The average molecular weight is 367 g/mol. The SMILES string of the molecule is COC(=O)c1c(C)n(C2CC2)c2ccc(OC(=O)c3cc(C)nn3C)cc12. The Bertz CT molecular complexity index is 1070. The number of methoxy groups -OCH3 is 1. The lowest BCUT2D eigenvalue weighted by Crippen LogP contribution is -2.13. The molecule has 1 aliphatic carbocycles. The summed E-state index contributed by atoms with van der Waals surface area (Å²) in [6.45, 7) is 3.74. The van der Waals surface area contributed by atoms with E-state index in [2.05, 4.69) is 9.67 Å². The molecule has 140 valence electrons. The molecule has 0 bridgehead atoms. The van der Waals surface area contributed by atoms with Crippen LogP contribution in [0.2, 0.25) is 0 Å². The van der Waals surface area contributed by atoms with Gasteiger partial charge in [0.1, 0.15) is 11.4 Å². The van der Waals surface area contributed by atoms with Gasteiger partial charge in [-0.3, -0.25) is 4.68 Å². The molecule has 0 amide bonds. The molecule has 7 heteroatoms. The number of aryl methyl sites for hydroxylation is 2. The van der Waals surface area contributed by atoms with Gasteiger partial charge in [-0.05, 0) is 51.0 Å². The molecule has 4 rings (SSSR count). The van der Waals surface area contributed by atoms with Gasteiger partial charge in [0.15, 0.2) is 0 Å². The number of esters is 2. The fraction of sp³-hybridized carbons (Fsp3) is 0.350. The molecule has 2 aromatic heterocycles. The standard InChI is InChI=1S/C20H21N3O4/c1-11-9-17(22(3)21-11)19(24)27-14-7-8-16-15(10-14)18(20(25)26-4)12(2)23(16)13-5-6-13/h7-10,13H,5-6H2,1-4H3. The number of carbonyl (C=O) groups excluding carboxylic acids is 2. The fourth-order valence-corrected chi connectivity index (χ4v) is 3.61. The molecule has 2 heterocycles. The highest BCUT2D eigenvalue weighted by molar-refractivity contribution is 6.06. The average Bonchev–Trinajstić information content (AvgIpc) is 3.34. The summed E-state index contributed by atoms with van der Waals surface area (Å²) in [4.78, 5) is 24.8. The second kappa shape index (κ2) is 6.26. The van der Waals surface area contributed by atoms with Crippen LogP contribution in [0.4, 0.5) is 0 Å². The summed E-state index contributed by atoms with van der Waals surface area (Å²) < 4.78 is 14.2. The first-order valence-corrected chi connectivity index (χ1v) is 8.86. The predicted octanol–water partition coefficient (Wildman–Crippen LogP) is 3.33. The van der Waals surface area contributed by atoms with Gasteiger partial charge >= 0.3 is 11.9 Å². The molecule has 1 fully saturated rings. The number of ether oxygens (including phenoxy) is 2. The van der Waals surface area contributed by atoms with Crippen LogP contribution in [0, 0.1) is 13.8 Å². The summed E-state index contributed by atoms with van der Waals surface area (Å²) in [7, 11) is 3.07. The number of aromatic nitrogens is 3. The number of carbonyl (C=O) groups is 2. The number of hydrogen-bond donors (Lipinski definition) is 0. The molecule has 27 heavy (non-hydrogen) atoms. The third kappa shape index (κ3) is 2.89. The maximum Gasteiger partial charge on any atom is 0.361 e. The normalized spacial score (nSPS) is 13.8. The molecule has 0 saturated heterocycles. The lowest BCUT2D eigenvalue weighted by atomic mass is 10.1. The van der Waals surface area contributed by atoms with E-state index in [1.165, 1.54) is 11.8 Å². The van der Waals surface area contributed by atoms with Crippen LogP contribution in [-0.4, -0.2) is 33.4 Å². The highest BCUT2D eigenvalue weighted by Crippen LogP contribution is 2.42. The molecule has 0 unspecified atom stereocenters. The van der Waals surface area contributed by atoms with Crippen molar-refractivity contribution < 1.29 is 19.1 Å². The lowest BCUT2D eigenvalue weighted by molar-refractivity contribution is 0.0601. The van der Waals surface area contributed by atoms with Crippen molar-refractivity contribution in [2.75, 3.05) is 7.11 Å². The molecule has 1 aliphatic rings. The minimum absolute atomic E-state index is 0.368. The Kier molecular flexibility index (Phi) is 4.02. The zero-order chi connectivity index (χ0) is 19.3. The fourth-order valence-electron chi connectivity index (χ4n) is 3.61. The highest BCUT2D eigenvalue weighted by atomic mass is 16.5. The van der Waals surface area contributed by atoms with Gasteiger partial charge in [0.25, 0.3) is 0 Å². The Balaban J connectivity index is 1.76. The predicted molar refractivity (Wildman–Crippen MR) is 99.2 cm³/mol. The first-order valence-electron chi connectivity index (χ1n) is 8.86. The van der Waals surface area contributed by atoms with Crippen LogP contribution >= 0.6 is 0 Å². The topological polar surface area (TPSA) is 75.3 Å². The zero-order valence-corrected chi connectivity index (χ0v) is 15.8. The summed E-state index contributed by atoms with van der Waals surface area (Å²) in [6.07, 6.45) is 2.20. The van der Waals surface area contributed by atoms with Crippen molar-refractivity contribution in [1.82, 2.24) is 14.3 Å². The van der Waals surface area contributed by atoms with Gasteiger partial charge in [0, 0.05) is 29.7 Å². The number of benzene rings is 1. The van der Waals surface area contributed by atoms with Crippen LogP contribution < -0.4 is 4.74 Å². The van der Waals surface area contributed by atoms with Gasteiger partial charge in [-0.2, -0.15) is 5.10 Å². The minimum Gasteiger partial charge on any atom is -0.465 e. The summed E-state index contributed by atoms with van der Waals surface area (Å²) in [6, 6.07) is 7.47. The number of fused-ring (bicyclic) bond motifs is 1. The smallest absolute Gasteiger partial charge is 0.361 e. The van der Waals surface area contributed by atoms with Gasteiger partial charge in [0.2, 0.25) is 0 Å². The minimum atomic E-state index is -0.490. The van der Waals surface area contributed by atoms with Gasteiger partial charge in [-0.1, -0.05) is 0 Å². The van der Waals surface area contributed by atoms with E-state index in [9.17, 15) is 9.59 Å². The van der Waals surface area contributed by atoms with Crippen molar-refractivity contribution in [3.8, 4) is 5.75 Å². The van der Waals surface area contributed by atoms with Crippen LogP contribution in [-0.2, 0) is 11.8 Å². The second-order valence-corrected chi connectivity index (χ2v) is 6.92. The molecule has 3 aromatic rings. The summed E-state index contributed by atoms with van der Waals surface area (Å²) in [5.41, 5.74) is 3.46. The van der Waals surface area contributed by atoms with E-state index in [-0.39, 0.29) is 5.97 Å². The Morgan fingerprint density at radius 2 is 1.89 bits per heavy atom. The van der Waals surface area contributed by atoms with E-state index < -0.39 is 5.97 Å². The number of nitrogens with zero attached hydrogens (tertiary/aromatic N) is 3. The van der Waals surface area contributed by atoms with Crippen molar-refractivity contribution in [3.63, 3.8) is 0 Å². The van der Waals surface area contributed by atoms with E-state index in [1.807, 2.05) is 19.9 Å². The van der Waals surface area contributed by atoms with Gasteiger partial charge in [-0.15, -0.1) is 0 Å². The largest absolute Gasteiger partial charge is 0.465 e.